The highest BCUT2D eigenvalue weighted by Crippen LogP contribution is 2.37. The van der Waals surface area contributed by atoms with E-state index in [-0.39, 0.29) is 18.4 Å². The molecule has 0 unspecified atom stereocenters. The first-order valence-corrected chi connectivity index (χ1v) is 11.6. The Hall–Kier alpha value is -3.42. The number of nitrogens with one attached hydrogen (secondary N) is 1. The van der Waals surface area contributed by atoms with Crippen LogP contribution in [0.2, 0.25) is 0 Å². The first-order valence-electron chi connectivity index (χ1n) is 10.3. The molecular weight excluding hydrogens is 452 g/mol. The molecule has 33 heavy (non-hydrogen) atoms. The van der Waals surface area contributed by atoms with Crippen molar-refractivity contribution in [3.63, 3.8) is 0 Å². The van der Waals surface area contributed by atoms with Gasteiger partial charge in [0.2, 0.25) is 0 Å². The van der Waals surface area contributed by atoms with E-state index < -0.39 is 0 Å². The maximum absolute atomic E-state index is 13.0. The lowest BCUT2D eigenvalue weighted by Gasteiger charge is -2.16. The zero-order valence-corrected chi connectivity index (χ0v) is 19.8. The predicted octanol–water partition coefficient (Wildman–Crippen LogP) is 5.73. The van der Waals surface area contributed by atoms with Gasteiger partial charge >= 0.3 is 0 Å². The number of nitrogens with zero attached hydrogens (tertiary/aromatic N) is 1. The van der Waals surface area contributed by atoms with Crippen molar-refractivity contribution in [3.8, 4) is 5.75 Å². The number of amides is 2. The molecule has 1 fully saturated rings. The summed E-state index contributed by atoms with van der Waals surface area (Å²) >= 11 is 6.74. The van der Waals surface area contributed by atoms with E-state index in [9.17, 15) is 9.59 Å². The summed E-state index contributed by atoms with van der Waals surface area (Å²) in [6.45, 7) is 3.85. The Labute approximate surface area is 202 Å². The third-order valence-corrected chi connectivity index (χ3v) is 6.34. The largest absolute Gasteiger partial charge is 0.484 e. The number of aryl methyl sites for hydroxylation is 2. The third-order valence-electron chi connectivity index (χ3n) is 5.03. The van der Waals surface area contributed by atoms with E-state index in [1.807, 2.05) is 80.6 Å². The van der Waals surface area contributed by atoms with Crippen LogP contribution in [0.3, 0.4) is 0 Å². The average Bonchev–Trinajstić information content (AvgIpc) is 3.08. The average molecular weight is 475 g/mol. The topological polar surface area (TPSA) is 58.6 Å². The molecule has 0 spiro atoms. The van der Waals surface area contributed by atoms with Gasteiger partial charge in [0.15, 0.2) is 10.9 Å². The molecule has 5 nitrogen and oxygen atoms in total. The molecule has 0 aliphatic carbocycles. The molecule has 0 radical (unpaired) electrons. The van der Waals surface area contributed by atoms with Crippen molar-refractivity contribution in [2.45, 2.75) is 13.8 Å². The summed E-state index contributed by atoms with van der Waals surface area (Å²) in [4.78, 5) is 27.2. The highest BCUT2D eigenvalue weighted by atomic mass is 32.2. The highest BCUT2D eigenvalue weighted by molar-refractivity contribution is 8.27. The number of carbonyl (C=O) groups is 2. The van der Waals surface area contributed by atoms with Crippen LogP contribution in [0.5, 0.6) is 5.75 Å². The Kier molecular flexibility index (Phi) is 6.91. The second kappa shape index (κ2) is 10.0. The number of hydrogen-bond acceptors (Lipinski definition) is 5. The number of thioether (sulfide) groups is 1. The molecule has 166 valence electrons. The molecule has 1 N–H and O–H groups in total. The number of rotatable bonds is 6. The normalized spacial score (nSPS) is 14.6. The molecule has 1 saturated heterocycles. The quantitative estimate of drug-likeness (QED) is 0.365. The molecule has 0 atom stereocenters. The fourth-order valence-electron chi connectivity index (χ4n) is 3.28. The smallest absolute Gasteiger partial charge is 0.270 e. The molecular formula is C26H22N2O3S2. The van der Waals surface area contributed by atoms with E-state index in [1.54, 1.807) is 17.0 Å². The van der Waals surface area contributed by atoms with Gasteiger partial charge < -0.3 is 10.1 Å². The van der Waals surface area contributed by atoms with Crippen molar-refractivity contribution >= 4 is 57.6 Å². The second-order valence-corrected chi connectivity index (χ2v) is 9.25. The second-order valence-electron chi connectivity index (χ2n) is 7.58. The Morgan fingerprint density at radius 2 is 1.73 bits per heavy atom. The van der Waals surface area contributed by atoms with Crippen LogP contribution in [0.4, 0.5) is 11.4 Å². The van der Waals surface area contributed by atoms with Gasteiger partial charge in [0, 0.05) is 5.69 Å². The summed E-state index contributed by atoms with van der Waals surface area (Å²) in [5.74, 6) is 0.203. The van der Waals surface area contributed by atoms with Crippen molar-refractivity contribution in [3.05, 3.63) is 94.4 Å². The molecule has 1 aliphatic rings. The van der Waals surface area contributed by atoms with E-state index in [1.165, 1.54) is 11.8 Å². The van der Waals surface area contributed by atoms with Gasteiger partial charge in [0.05, 0.1) is 10.6 Å². The summed E-state index contributed by atoms with van der Waals surface area (Å²) in [5, 5.41) is 2.80. The standard InChI is InChI=1S/C26H22N2O3S2/c1-17-7-11-20(12-8-17)27-24(29)16-31-21-13-9-19(10-14-21)15-23-25(30)28(26(32)33-23)22-6-4-3-5-18(22)2/h3-15H,16H2,1-2H3,(H,27,29)/b23-15+. The van der Waals surface area contributed by atoms with Crippen LogP contribution in [0, 0.1) is 13.8 Å². The van der Waals surface area contributed by atoms with Crippen LogP contribution in [-0.4, -0.2) is 22.7 Å². The Morgan fingerprint density at radius 3 is 2.42 bits per heavy atom. The molecule has 0 saturated carbocycles. The molecule has 3 aromatic carbocycles. The summed E-state index contributed by atoms with van der Waals surface area (Å²) in [5.41, 5.74) is 4.49. The van der Waals surface area contributed by atoms with E-state index in [4.69, 9.17) is 17.0 Å². The molecule has 3 aromatic rings. The summed E-state index contributed by atoms with van der Waals surface area (Å²) in [7, 11) is 0. The highest BCUT2D eigenvalue weighted by Gasteiger charge is 2.33. The van der Waals surface area contributed by atoms with E-state index in [0.29, 0.717) is 15.0 Å². The van der Waals surface area contributed by atoms with E-state index in [2.05, 4.69) is 5.32 Å². The summed E-state index contributed by atoms with van der Waals surface area (Å²) in [6.07, 6.45) is 1.81. The number of hydrogen-bond donors (Lipinski definition) is 1. The maximum Gasteiger partial charge on any atom is 0.270 e. The lowest BCUT2D eigenvalue weighted by atomic mass is 10.1. The maximum atomic E-state index is 13.0. The van der Waals surface area contributed by atoms with E-state index in [0.717, 1.165) is 28.1 Å². The van der Waals surface area contributed by atoms with Crippen LogP contribution in [0.25, 0.3) is 6.08 Å². The minimum absolute atomic E-state index is 0.0949. The fraction of sp³-hybridized carbons (Fsp3) is 0.115. The number of benzene rings is 3. The zero-order chi connectivity index (χ0) is 23.4. The minimum atomic E-state index is -0.234. The van der Waals surface area contributed by atoms with Gasteiger partial charge in [-0.15, -0.1) is 0 Å². The lowest BCUT2D eigenvalue weighted by Crippen LogP contribution is -2.28. The van der Waals surface area contributed by atoms with Gasteiger partial charge in [0.1, 0.15) is 5.75 Å². The van der Waals surface area contributed by atoms with Crippen molar-refractivity contribution in [2.24, 2.45) is 0 Å². The third kappa shape index (κ3) is 5.50. The van der Waals surface area contributed by atoms with Crippen LogP contribution in [0.15, 0.2) is 77.7 Å². The van der Waals surface area contributed by atoms with Crippen molar-refractivity contribution in [1.29, 1.82) is 0 Å². The van der Waals surface area contributed by atoms with E-state index >= 15 is 0 Å². The lowest BCUT2D eigenvalue weighted by molar-refractivity contribution is -0.118. The Balaban J connectivity index is 1.37. The molecule has 1 heterocycles. The molecule has 0 bridgehead atoms. The van der Waals surface area contributed by atoms with Gasteiger partial charge in [-0.25, -0.2) is 0 Å². The number of thiocarbonyl (C=S) groups is 1. The SMILES string of the molecule is Cc1ccc(NC(=O)COc2ccc(/C=C3/SC(=S)N(c4ccccc4C)C3=O)cc2)cc1. The van der Waals surface area contributed by atoms with Crippen molar-refractivity contribution in [1.82, 2.24) is 0 Å². The summed E-state index contributed by atoms with van der Waals surface area (Å²) in [6, 6.07) is 22.5. The van der Waals surface area contributed by atoms with Gasteiger partial charge in [0.25, 0.3) is 11.8 Å². The van der Waals surface area contributed by atoms with Crippen molar-refractivity contribution < 1.29 is 14.3 Å². The van der Waals surface area contributed by atoms with Crippen LogP contribution in [0.1, 0.15) is 16.7 Å². The first kappa shape index (κ1) is 22.8. The van der Waals surface area contributed by atoms with Crippen LogP contribution >= 0.6 is 24.0 Å². The molecule has 1 aliphatic heterocycles. The minimum Gasteiger partial charge on any atom is -0.484 e. The monoisotopic (exact) mass is 474 g/mol. The molecule has 0 aromatic heterocycles. The fourth-order valence-corrected chi connectivity index (χ4v) is 4.57. The first-order chi connectivity index (χ1) is 15.9. The molecule has 4 rings (SSSR count). The Bertz CT molecular complexity index is 1240. The van der Waals surface area contributed by atoms with Gasteiger partial charge in [-0.3, -0.25) is 14.5 Å². The van der Waals surface area contributed by atoms with Gasteiger partial charge in [-0.1, -0.05) is 72.0 Å². The number of carbonyl (C=O) groups excluding carboxylic acids is 2. The zero-order valence-electron chi connectivity index (χ0n) is 18.2. The van der Waals surface area contributed by atoms with Crippen molar-refractivity contribution in [2.75, 3.05) is 16.8 Å². The van der Waals surface area contributed by atoms with Gasteiger partial charge in [-0.2, -0.15) is 0 Å². The molecule has 2 amide bonds. The predicted molar refractivity (Wildman–Crippen MR) is 139 cm³/mol. The number of para-hydroxylation sites is 1. The van der Waals surface area contributed by atoms with Gasteiger partial charge in [-0.05, 0) is 61.4 Å². The Morgan fingerprint density at radius 1 is 1.03 bits per heavy atom. The summed E-state index contributed by atoms with van der Waals surface area (Å²) < 4.78 is 6.10. The van der Waals surface area contributed by atoms with Crippen LogP contribution in [-0.2, 0) is 9.59 Å². The number of ether oxygens (including phenoxy) is 1. The number of anilines is 2. The van der Waals surface area contributed by atoms with Crippen LogP contribution < -0.4 is 15.0 Å². The molecule has 7 heteroatoms.